The number of carbonyl (C=O) groups is 1. The van der Waals surface area contributed by atoms with Crippen LogP contribution in [0.25, 0.3) is 16.8 Å². The largest absolute Gasteiger partial charge is 0.479 e. The predicted molar refractivity (Wildman–Crippen MR) is 87.0 cm³/mol. The predicted octanol–water partition coefficient (Wildman–Crippen LogP) is 2.00. The number of carboxylic acids is 1. The van der Waals surface area contributed by atoms with Gasteiger partial charge in [-0.1, -0.05) is 37.3 Å². The third kappa shape index (κ3) is 2.83. The van der Waals surface area contributed by atoms with Gasteiger partial charge in [-0.3, -0.25) is 14.2 Å². The van der Waals surface area contributed by atoms with Crippen LogP contribution in [0, 0.1) is 0 Å². The molecule has 1 aromatic carbocycles. The highest BCUT2D eigenvalue weighted by atomic mass is 16.5. The first-order chi connectivity index (χ1) is 11.6. The van der Waals surface area contributed by atoms with Crippen molar-refractivity contribution < 1.29 is 14.6 Å². The second-order valence-electron chi connectivity index (χ2n) is 5.12. The first-order valence-corrected chi connectivity index (χ1v) is 7.43. The highest BCUT2D eigenvalue weighted by Crippen LogP contribution is 2.26. The standard InChI is InChI=1S/C17H15N3O4/c1-2-12(17(22)23)24-15-14(11-6-4-3-5-7-11)16(21)20-9-8-18-10-13(20)19-15/h3-10,12H,2H2,1H3,(H,22,23). The molecule has 3 rings (SSSR count). The van der Waals surface area contributed by atoms with Crippen molar-refractivity contribution in [3.05, 3.63) is 59.3 Å². The second-order valence-corrected chi connectivity index (χ2v) is 5.12. The minimum atomic E-state index is -1.11. The number of carboxylic acid groups (broad SMARTS) is 1. The van der Waals surface area contributed by atoms with Crippen molar-refractivity contribution in [1.82, 2.24) is 14.4 Å². The molecule has 0 spiro atoms. The number of aliphatic carboxylic acids is 1. The normalized spacial score (nSPS) is 12.0. The molecule has 0 saturated carbocycles. The molecule has 24 heavy (non-hydrogen) atoms. The van der Waals surface area contributed by atoms with Gasteiger partial charge in [-0.25, -0.2) is 4.79 Å². The smallest absolute Gasteiger partial charge is 0.344 e. The number of rotatable bonds is 5. The minimum Gasteiger partial charge on any atom is -0.479 e. The number of nitrogens with zero attached hydrogens (tertiary/aromatic N) is 3. The zero-order valence-electron chi connectivity index (χ0n) is 12.9. The Kier molecular flexibility index (Phi) is 4.24. The van der Waals surface area contributed by atoms with E-state index < -0.39 is 12.1 Å². The van der Waals surface area contributed by atoms with E-state index in [0.29, 0.717) is 5.56 Å². The molecule has 0 aliphatic carbocycles. The van der Waals surface area contributed by atoms with Crippen LogP contribution in [-0.4, -0.2) is 31.5 Å². The van der Waals surface area contributed by atoms with Crippen LogP contribution in [0.3, 0.4) is 0 Å². The number of hydrogen-bond donors (Lipinski definition) is 1. The maximum atomic E-state index is 12.9. The molecule has 0 aliphatic heterocycles. The van der Waals surface area contributed by atoms with Gasteiger partial charge in [0.2, 0.25) is 5.88 Å². The fraction of sp³-hybridized carbons (Fsp3) is 0.176. The highest BCUT2D eigenvalue weighted by molar-refractivity contribution is 5.74. The summed E-state index contributed by atoms with van der Waals surface area (Å²) in [7, 11) is 0. The highest BCUT2D eigenvalue weighted by Gasteiger charge is 2.23. The molecule has 2 aromatic heterocycles. The zero-order valence-corrected chi connectivity index (χ0v) is 12.9. The molecule has 7 nitrogen and oxygen atoms in total. The molecule has 1 atom stereocenters. The Morgan fingerprint density at radius 1 is 1.33 bits per heavy atom. The first kappa shape index (κ1) is 15.7. The van der Waals surface area contributed by atoms with E-state index in [1.165, 1.54) is 23.0 Å². The van der Waals surface area contributed by atoms with Gasteiger partial charge < -0.3 is 9.84 Å². The van der Waals surface area contributed by atoms with Gasteiger partial charge in [0.25, 0.3) is 5.56 Å². The SMILES string of the molecule is CCC(Oc1nc2cnccn2c(=O)c1-c1ccccc1)C(=O)O. The van der Waals surface area contributed by atoms with Crippen molar-refractivity contribution in [3.63, 3.8) is 0 Å². The maximum Gasteiger partial charge on any atom is 0.344 e. The van der Waals surface area contributed by atoms with Gasteiger partial charge in [0, 0.05) is 12.4 Å². The first-order valence-electron chi connectivity index (χ1n) is 7.43. The number of aromatic nitrogens is 3. The van der Waals surface area contributed by atoms with E-state index in [9.17, 15) is 14.7 Å². The Bertz CT molecular complexity index is 937. The summed E-state index contributed by atoms with van der Waals surface area (Å²) in [4.78, 5) is 32.4. The molecule has 0 bridgehead atoms. The molecule has 7 heteroatoms. The molecule has 0 saturated heterocycles. The van der Waals surface area contributed by atoms with Crippen LogP contribution in [0.15, 0.2) is 53.7 Å². The van der Waals surface area contributed by atoms with E-state index in [-0.39, 0.29) is 29.1 Å². The van der Waals surface area contributed by atoms with Gasteiger partial charge in [0.1, 0.15) is 5.56 Å². The van der Waals surface area contributed by atoms with E-state index in [1.54, 1.807) is 31.2 Å². The lowest BCUT2D eigenvalue weighted by Gasteiger charge is -2.16. The van der Waals surface area contributed by atoms with Gasteiger partial charge in [-0.15, -0.1) is 0 Å². The quantitative estimate of drug-likeness (QED) is 0.771. The Balaban J connectivity index is 2.26. The van der Waals surface area contributed by atoms with Crippen LogP contribution in [0.5, 0.6) is 5.88 Å². The lowest BCUT2D eigenvalue weighted by Crippen LogP contribution is -2.28. The average Bonchev–Trinajstić information content (AvgIpc) is 2.60. The Hall–Kier alpha value is -3.22. The zero-order chi connectivity index (χ0) is 17.1. The minimum absolute atomic E-state index is 0.00606. The summed E-state index contributed by atoms with van der Waals surface area (Å²) >= 11 is 0. The van der Waals surface area contributed by atoms with Gasteiger partial charge >= 0.3 is 5.97 Å². The van der Waals surface area contributed by atoms with Crippen LogP contribution in [0.2, 0.25) is 0 Å². The molecule has 0 fully saturated rings. The third-order valence-electron chi connectivity index (χ3n) is 3.56. The van der Waals surface area contributed by atoms with Crippen molar-refractivity contribution in [2.45, 2.75) is 19.4 Å². The fourth-order valence-electron chi connectivity index (χ4n) is 2.36. The molecule has 1 N–H and O–H groups in total. The summed E-state index contributed by atoms with van der Waals surface area (Å²) in [6, 6.07) is 8.90. The van der Waals surface area contributed by atoms with E-state index in [1.807, 2.05) is 6.07 Å². The van der Waals surface area contributed by atoms with Crippen molar-refractivity contribution in [2.24, 2.45) is 0 Å². The molecule has 0 amide bonds. The molecule has 3 aromatic rings. The summed E-state index contributed by atoms with van der Waals surface area (Å²) in [6.45, 7) is 1.69. The lowest BCUT2D eigenvalue weighted by atomic mass is 10.1. The molecule has 1 unspecified atom stereocenters. The number of hydrogen-bond acceptors (Lipinski definition) is 5. The summed E-state index contributed by atoms with van der Waals surface area (Å²) < 4.78 is 6.90. The van der Waals surface area contributed by atoms with Gasteiger partial charge in [0.15, 0.2) is 11.8 Å². The van der Waals surface area contributed by atoms with Crippen molar-refractivity contribution in [3.8, 4) is 17.0 Å². The monoisotopic (exact) mass is 325 g/mol. The summed E-state index contributed by atoms with van der Waals surface area (Å²) in [5.74, 6) is -1.11. The van der Waals surface area contributed by atoms with Crippen LogP contribution < -0.4 is 10.3 Å². The lowest BCUT2D eigenvalue weighted by molar-refractivity contribution is -0.145. The van der Waals surface area contributed by atoms with Crippen LogP contribution >= 0.6 is 0 Å². The number of ether oxygens (including phenoxy) is 1. The third-order valence-corrected chi connectivity index (χ3v) is 3.56. The van der Waals surface area contributed by atoms with Crippen molar-refractivity contribution >= 4 is 11.6 Å². The van der Waals surface area contributed by atoms with Crippen LogP contribution in [0.1, 0.15) is 13.3 Å². The molecular weight excluding hydrogens is 310 g/mol. The Morgan fingerprint density at radius 3 is 2.75 bits per heavy atom. The van der Waals surface area contributed by atoms with E-state index in [2.05, 4.69) is 9.97 Å². The Morgan fingerprint density at radius 2 is 2.08 bits per heavy atom. The fourth-order valence-corrected chi connectivity index (χ4v) is 2.36. The van der Waals surface area contributed by atoms with Gasteiger partial charge in [-0.05, 0) is 12.0 Å². The molecule has 0 aliphatic rings. The van der Waals surface area contributed by atoms with E-state index in [0.717, 1.165) is 0 Å². The Labute approximate surface area is 137 Å². The van der Waals surface area contributed by atoms with Gasteiger partial charge in [0.05, 0.1) is 6.20 Å². The number of benzene rings is 1. The summed E-state index contributed by atoms with van der Waals surface area (Å²) in [6.07, 6.45) is 3.58. The maximum absolute atomic E-state index is 12.9. The molecule has 2 heterocycles. The average molecular weight is 325 g/mol. The van der Waals surface area contributed by atoms with Crippen molar-refractivity contribution in [2.75, 3.05) is 0 Å². The molecule has 122 valence electrons. The van der Waals surface area contributed by atoms with Gasteiger partial charge in [-0.2, -0.15) is 4.98 Å². The number of fused-ring (bicyclic) bond motifs is 1. The summed E-state index contributed by atoms with van der Waals surface area (Å²) in [5.41, 5.74) is 0.775. The van der Waals surface area contributed by atoms with Crippen molar-refractivity contribution in [1.29, 1.82) is 0 Å². The second kappa shape index (κ2) is 6.49. The van der Waals surface area contributed by atoms with Crippen LogP contribution in [0.4, 0.5) is 0 Å². The molecular formula is C17H15N3O4. The van der Waals surface area contributed by atoms with E-state index in [4.69, 9.17) is 4.74 Å². The summed E-state index contributed by atoms with van der Waals surface area (Å²) in [5, 5.41) is 9.23. The van der Waals surface area contributed by atoms with Crippen LogP contribution in [-0.2, 0) is 4.79 Å². The topological polar surface area (TPSA) is 93.8 Å². The molecule has 0 radical (unpaired) electrons. The van der Waals surface area contributed by atoms with E-state index >= 15 is 0 Å².